The van der Waals surface area contributed by atoms with Gasteiger partial charge in [0.05, 0.1) is 11.2 Å². The van der Waals surface area contributed by atoms with Crippen LogP contribution in [0.25, 0.3) is 0 Å². The molecule has 0 amide bonds. The average molecular weight is 300 g/mol. The Labute approximate surface area is 106 Å². The number of alkyl halides is 1. The molecule has 4 heteroatoms. The van der Waals surface area contributed by atoms with Crippen molar-refractivity contribution in [2.75, 3.05) is 5.33 Å². The first-order valence-electron chi connectivity index (χ1n) is 4.98. The summed E-state index contributed by atoms with van der Waals surface area (Å²) >= 11 is 5.10. The maximum atomic E-state index is 12.8. The molecule has 16 heavy (non-hydrogen) atoms. The Hall–Kier alpha value is -0.740. The van der Waals surface area contributed by atoms with E-state index in [-0.39, 0.29) is 5.82 Å². The second kappa shape index (κ2) is 5.55. The molecule has 1 atom stereocenters. The van der Waals surface area contributed by atoms with Crippen LogP contribution in [-0.2, 0) is 6.42 Å². The van der Waals surface area contributed by atoms with Crippen LogP contribution < -0.4 is 0 Å². The van der Waals surface area contributed by atoms with Crippen LogP contribution in [0, 0.1) is 5.82 Å². The molecule has 1 aromatic heterocycles. The maximum Gasteiger partial charge on any atom is 0.123 e. The molecule has 0 aliphatic rings. The Balaban J connectivity index is 2.13. The molecule has 1 nitrogen and oxygen atoms in total. The number of hydrogen-bond donors (Lipinski definition) is 0. The van der Waals surface area contributed by atoms with Crippen molar-refractivity contribution < 1.29 is 4.39 Å². The van der Waals surface area contributed by atoms with Gasteiger partial charge in [0, 0.05) is 10.7 Å². The topological polar surface area (TPSA) is 12.9 Å². The molecule has 2 rings (SSSR count). The van der Waals surface area contributed by atoms with E-state index in [0.717, 1.165) is 23.0 Å². The lowest BCUT2D eigenvalue weighted by molar-refractivity contribution is 0.625. The van der Waals surface area contributed by atoms with Crippen molar-refractivity contribution in [3.8, 4) is 0 Å². The molecule has 0 radical (unpaired) electrons. The zero-order valence-electron chi connectivity index (χ0n) is 8.57. The standard InChI is InChI=1S/C12H11BrFNS/c13-6-10(5-12-7-16-8-15-12)9-1-3-11(14)4-2-9/h1-4,7-8,10H,5-6H2. The number of hydrogen-bond acceptors (Lipinski definition) is 2. The molecule has 0 N–H and O–H groups in total. The fourth-order valence-corrected chi connectivity index (χ4v) is 2.76. The molecule has 2 aromatic rings. The predicted molar refractivity (Wildman–Crippen MR) is 68.8 cm³/mol. The van der Waals surface area contributed by atoms with Crippen molar-refractivity contribution >= 4 is 27.3 Å². The third kappa shape index (κ3) is 2.89. The van der Waals surface area contributed by atoms with Crippen molar-refractivity contribution in [2.24, 2.45) is 0 Å². The van der Waals surface area contributed by atoms with Crippen LogP contribution in [-0.4, -0.2) is 10.3 Å². The fraction of sp³-hybridized carbons (Fsp3) is 0.250. The smallest absolute Gasteiger partial charge is 0.123 e. The lowest BCUT2D eigenvalue weighted by Crippen LogP contribution is -2.04. The molecule has 0 aliphatic carbocycles. The van der Waals surface area contributed by atoms with E-state index in [1.54, 1.807) is 11.3 Å². The van der Waals surface area contributed by atoms with Crippen LogP contribution in [0.3, 0.4) is 0 Å². The second-order valence-corrected chi connectivity index (χ2v) is 4.95. The number of nitrogens with zero attached hydrogens (tertiary/aromatic N) is 1. The SMILES string of the molecule is Fc1ccc(C(CBr)Cc2cscn2)cc1. The largest absolute Gasteiger partial charge is 0.250 e. The van der Waals surface area contributed by atoms with Gasteiger partial charge in [0.1, 0.15) is 5.82 Å². The van der Waals surface area contributed by atoms with Crippen LogP contribution in [0.2, 0.25) is 0 Å². The van der Waals surface area contributed by atoms with Gasteiger partial charge in [-0.2, -0.15) is 0 Å². The van der Waals surface area contributed by atoms with E-state index < -0.39 is 0 Å². The lowest BCUT2D eigenvalue weighted by atomic mass is 9.96. The Morgan fingerprint density at radius 1 is 1.31 bits per heavy atom. The molecule has 1 unspecified atom stereocenters. The van der Waals surface area contributed by atoms with Gasteiger partial charge in [-0.1, -0.05) is 28.1 Å². The molecule has 1 aromatic carbocycles. The van der Waals surface area contributed by atoms with E-state index in [1.807, 2.05) is 17.6 Å². The van der Waals surface area contributed by atoms with Gasteiger partial charge < -0.3 is 0 Å². The Morgan fingerprint density at radius 2 is 2.06 bits per heavy atom. The number of aromatic nitrogens is 1. The first kappa shape index (κ1) is 11.7. The number of thiazole rings is 1. The number of benzene rings is 1. The Bertz CT molecular complexity index is 427. The van der Waals surface area contributed by atoms with Gasteiger partial charge >= 0.3 is 0 Å². The zero-order chi connectivity index (χ0) is 11.4. The normalized spacial score (nSPS) is 12.6. The van der Waals surface area contributed by atoms with Gasteiger partial charge in [-0.25, -0.2) is 9.37 Å². The maximum absolute atomic E-state index is 12.8. The molecular formula is C12H11BrFNS. The van der Waals surface area contributed by atoms with Gasteiger partial charge in [-0.05, 0) is 30.0 Å². The second-order valence-electron chi connectivity index (χ2n) is 3.59. The van der Waals surface area contributed by atoms with Gasteiger partial charge in [0.15, 0.2) is 0 Å². The van der Waals surface area contributed by atoms with Gasteiger partial charge in [-0.15, -0.1) is 11.3 Å². The summed E-state index contributed by atoms with van der Waals surface area (Å²) in [6.45, 7) is 0. The summed E-state index contributed by atoms with van der Waals surface area (Å²) in [6, 6.07) is 6.69. The molecule has 0 aliphatic heterocycles. The van der Waals surface area contributed by atoms with Gasteiger partial charge in [-0.3, -0.25) is 0 Å². The fourth-order valence-electron chi connectivity index (χ4n) is 1.59. The van der Waals surface area contributed by atoms with E-state index in [0.29, 0.717) is 5.92 Å². The van der Waals surface area contributed by atoms with E-state index in [9.17, 15) is 4.39 Å². The molecule has 0 saturated heterocycles. The van der Waals surface area contributed by atoms with Crippen LogP contribution in [0.4, 0.5) is 4.39 Å². The summed E-state index contributed by atoms with van der Waals surface area (Å²) in [5.74, 6) is 0.161. The Morgan fingerprint density at radius 3 is 2.62 bits per heavy atom. The van der Waals surface area contributed by atoms with Crippen LogP contribution in [0.5, 0.6) is 0 Å². The van der Waals surface area contributed by atoms with Gasteiger partial charge in [0.25, 0.3) is 0 Å². The van der Waals surface area contributed by atoms with E-state index in [4.69, 9.17) is 0 Å². The predicted octanol–water partition coefficient (Wildman–Crippen LogP) is 4.00. The first-order chi connectivity index (χ1) is 7.79. The minimum absolute atomic E-state index is 0.189. The first-order valence-corrected chi connectivity index (χ1v) is 7.04. The molecular weight excluding hydrogens is 289 g/mol. The van der Waals surface area contributed by atoms with Crippen LogP contribution in [0.15, 0.2) is 35.2 Å². The molecule has 0 spiro atoms. The summed E-state index contributed by atoms with van der Waals surface area (Å²) in [4.78, 5) is 4.27. The minimum Gasteiger partial charge on any atom is -0.250 e. The van der Waals surface area contributed by atoms with E-state index >= 15 is 0 Å². The number of halogens is 2. The highest BCUT2D eigenvalue weighted by Crippen LogP contribution is 2.23. The van der Waals surface area contributed by atoms with Crippen molar-refractivity contribution in [3.63, 3.8) is 0 Å². The molecule has 1 heterocycles. The molecule has 0 bridgehead atoms. The summed E-state index contributed by atoms with van der Waals surface area (Å²) in [6.07, 6.45) is 0.889. The quantitative estimate of drug-likeness (QED) is 0.778. The van der Waals surface area contributed by atoms with Crippen molar-refractivity contribution in [1.29, 1.82) is 0 Å². The lowest BCUT2D eigenvalue weighted by Gasteiger charge is -2.12. The van der Waals surface area contributed by atoms with Crippen LogP contribution in [0.1, 0.15) is 17.2 Å². The highest BCUT2D eigenvalue weighted by Gasteiger charge is 2.12. The summed E-state index contributed by atoms with van der Waals surface area (Å²) in [7, 11) is 0. The van der Waals surface area contributed by atoms with Crippen molar-refractivity contribution in [2.45, 2.75) is 12.3 Å². The third-order valence-electron chi connectivity index (χ3n) is 2.47. The highest BCUT2D eigenvalue weighted by molar-refractivity contribution is 9.09. The third-order valence-corrected chi connectivity index (χ3v) is 3.88. The number of rotatable bonds is 4. The average Bonchev–Trinajstić information content (AvgIpc) is 2.80. The Kier molecular flexibility index (Phi) is 4.07. The van der Waals surface area contributed by atoms with Crippen LogP contribution >= 0.6 is 27.3 Å². The molecule has 84 valence electrons. The summed E-state index contributed by atoms with van der Waals surface area (Å²) in [5.41, 5.74) is 4.08. The zero-order valence-corrected chi connectivity index (χ0v) is 11.0. The van der Waals surface area contributed by atoms with Crippen molar-refractivity contribution in [3.05, 3.63) is 52.2 Å². The summed E-state index contributed by atoms with van der Waals surface area (Å²) < 4.78 is 12.8. The summed E-state index contributed by atoms with van der Waals surface area (Å²) in [5, 5.41) is 2.91. The molecule has 0 fully saturated rings. The molecule has 0 saturated carbocycles. The van der Waals surface area contributed by atoms with E-state index in [1.165, 1.54) is 12.1 Å². The van der Waals surface area contributed by atoms with E-state index in [2.05, 4.69) is 26.3 Å². The minimum atomic E-state index is -0.189. The monoisotopic (exact) mass is 299 g/mol. The highest BCUT2D eigenvalue weighted by atomic mass is 79.9. The van der Waals surface area contributed by atoms with Crippen molar-refractivity contribution in [1.82, 2.24) is 4.98 Å². The van der Waals surface area contributed by atoms with Gasteiger partial charge in [0.2, 0.25) is 0 Å².